The fourth-order valence-electron chi connectivity index (χ4n) is 2.31. The Labute approximate surface area is 125 Å². The van der Waals surface area contributed by atoms with Gasteiger partial charge in [-0.15, -0.1) is 0 Å². The SMILES string of the molecule is CCNc1cc(NCC2(C)CCCS2)nc(COC)n1. The van der Waals surface area contributed by atoms with Crippen LogP contribution in [-0.2, 0) is 11.3 Å². The number of thioether (sulfide) groups is 1. The van der Waals surface area contributed by atoms with Gasteiger partial charge in [0.05, 0.1) is 0 Å². The predicted molar refractivity (Wildman–Crippen MR) is 85.5 cm³/mol. The maximum absolute atomic E-state index is 5.13. The lowest BCUT2D eigenvalue weighted by molar-refractivity contribution is 0.178. The maximum Gasteiger partial charge on any atom is 0.158 e. The van der Waals surface area contributed by atoms with E-state index in [-0.39, 0.29) is 0 Å². The molecule has 0 aliphatic carbocycles. The number of aromatic nitrogens is 2. The minimum absolute atomic E-state index is 0.324. The van der Waals surface area contributed by atoms with Crippen molar-refractivity contribution in [3.05, 3.63) is 11.9 Å². The topological polar surface area (TPSA) is 59.1 Å². The molecular weight excluding hydrogens is 272 g/mol. The van der Waals surface area contributed by atoms with Crippen LogP contribution in [0.2, 0.25) is 0 Å². The first kappa shape index (κ1) is 15.4. The zero-order valence-corrected chi connectivity index (χ0v) is 13.3. The van der Waals surface area contributed by atoms with Crippen molar-refractivity contribution in [3.8, 4) is 0 Å². The average Bonchev–Trinajstić information content (AvgIpc) is 2.85. The Balaban J connectivity index is 2.05. The van der Waals surface area contributed by atoms with E-state index in [2.05, 4.69) is 34.4 Å². The summed E-state index contributed by atoms with van der Waals surface area (Å²) in [6.07, 6.45) is 2.57. The van der Waals surface area contributed by atoms with Crippen LogP contribution in [0, 0.1) is 0 Å². The van der Waals surface area contributed by atoms with Crippen molar-refractivity contribution < 1.29 is 4.74 Å². The lowest BCUT2D eigenvalue weighted by Crippen LogP contribution is -2.27. The second-order valence-corrected chi connectivity index (χ2v) is 6.96. The minimum atomic E-state index is 0.324. The number of ether oxygens (including phenoxy) is 1. The van der Waals surface area contributed by atoms with Crippen LogP contribution >= 0.6 is 11.8 Å². The van der Waals surface area contributed by atoms with Crippen molar-refractivity contribution in [2.75, 3.05) is 36.6 Å². The molecule has 0 spiro atoms. The summed E-state index contributed by atoms with van der Waals surface area (Å²) in [5.74, 6) is 3.69. The molecule has 1 unspecified atom stereocenters. The third-order valence-electron chi connectivity index (χ3n) is 3.35. The van der Waals surface area contributed by atoms with Crippen molar-refractivity contribution in [1.29, 1.82) is 0 Å². The van der Waals surface area contributed by atoms with E-state index >= 15 is 0 Å². The molecule has 1 aliphatic rings. The molecule has 1 atom stereocenters. The van der Waals surface area contributed by atoms with Crippen LogP contribution < -0.4 is 10.6 Å². The maximum atomic E-state index is 5.13. The molecule has 20 heavy (non-hydrogen) atoms. The quantitative estimate of drug-likeness (QED) is 0.807. The van der Waals surface area contributed by atoms with E-state index in [9.17, 15) is 0 Å². The van der Waals surface area contributed by atoms with Crippen LogP contribution in [0.25, 0.3) is 0 Å². The molecule has 1 aromatic heterocycles. The highest BCUT2D eigenvalue weighted by molar-refractivity contribution is 8.00. The molecule has 2 rings (SSSR count). The molecule has 0 amide bonds. The summed E-state index contributed by atoms with van der Waals surface area (Å²) in [5, 5.41) is 6.69. The van der Waals surface area contributed by atoms with Crippen molar-refractivity contribution in [2.24, 2.45) is 0 Å². The lowest BCUT2D eigenvalue weighted by Gasteiger charge is -2.23. The van der Waals surface area contributed by atoms with Gasteiger partial charge in [0, 0.05) is 31.0 Å². The third kappa shape index (κ3) is 4.24. The predicted octanol–water partition coefficient (Wildman–Crippen LogP) is 2.75. The largest absolute Gasteiger partial charge is 0.377 e. The Morgan fingerprint density at radius 3 is 2.70 bits per heavy atom. The van der Waals surface area contributed by atoms with E-state index < -0.39 is 0 Å². The first-order chi connectivity index (χ1) is 9.65. The van der Waals surface area contributed by atoms with Gasteiger partial charge in [-0.05, 0) is 32.4 Å². The van der Waals surface area contributed by atoms with E-state index in [1.165, 1.54) is 18.6 Å². The fourth-order valence-corrected chi connectivity index (χ4v) is 3.55. The molecule has 2 heterocycles. The third-order valence-corrected chi connectivity index (χ3v) is 4.89. The molecule has 1 aliphatic heterocycles. The molecule has 0 saturated carbocycles. The standard InChI is InChI=1S/C14H24N4OS/c1-4-15-11-8-12(18-13(17-11)9-19-3)16-10-14(2)6-5-7-20-14/h8H,4-7,9-10H2,1-3H3,(H2,15,16,17,18). The second-order valence-electron chi connectivity index (χ2n) is 5.27. The monoisotopic (exact) mass is 296 g/mol. The van der Waals surface area contributed by atoms with Crippen molar-refractivity contribution >= 4 is 23.4 Å². The van der Waals surface area contributed by atoms with Gasteiger partial charge in [0.1, 0.15) is 18.2 Å². The van der Waals surface area contributed by atoms with Crippen LogP contribution in [0.5, 0.6) is 0 Å². The highest BCUT2D eigenvalue weighted by Crippen LogP contribution is 2.37. The zero-order chi connectivity index (χ0) is 14.4. The minimum Gasteiger partial charge on any atom is -0.377 e. The van der Waals surface area contributed by atoms with E-state index in [0.29, 0.717) is 17.2 Å². The zero-order valence-electron chi connectivity index (χ0n) is 12.5. The second kappa shape index (κ2) is 7.13. The van der Waals surface area contributed by atoms with Gasteiger partial charge in [-0.3, -0.25) is 0 Å². The van der Waals surface area contributed by atoms with Crippen molar-refractivity contribution in [1.82, 2.24) is 9.97 Å². The Bertz CT molecular complexity index is 411. The molecule has 6 heteroatoms. The van der Waals surface area contributed by atoms with Crippen LogP contribution in [0.15, 0.2) is 6.07 Å². The van der Waals surface area contributed by atoms with Gasteiger partial charge in [-0.2, -0.15) is 11.8 Å². The molecule has 5 nitrogen and oxygen atoms in total. The van der Waals surface area contributed by atoms with Gasteiger partial charge < -0.3 is 15.4 Å². The Morgan fingerprint density at radius 2 is 2.10 bits per heavy atom. The molecular formula is C14H24N4OS. The van der Waals surface area contributed by atoms with Crippen LogP contribution in [0.1, 0.15) is 32.5 Å². The Kier molecular flexibility index (Phi) is 5.48. The number of anilines is 2. The summed E-state index contributed by atoms with van der Waals surface area (Å²) in [7, 11) is 1.66. The molecule has 112 valence electrons. The van der Waals surface area contributed by atoms with E-state index in [0.717, 1.165) is 24.7 Å². The molecule has 1 aromatic rings. The molecule has 0 bridgehead atoms. The Morgan fingerprint density at radius 1 is 1.35 bits per heavy atom. The average molecular weight is 296 g/mol. The van der Waals surface area contributed by atoms with Gasteiger partial charge in [-0.1, -0.05) is 0 Å². The summed E-state index contributed by atoms with van der Waals surface area (Å²) in [5.41, 5.74) is 0. The van der Waals surface area contributed by atoms with E-state index in [1.807, 2.05) is 17.8 Å². The van der Waals surface area contributed by atoms with E-state index in [4.69, 9.17) is 4.74 Å². The highest BCUT2D eigenvalue weighted by Gasteiger charge is 2.29. The first-order valence-electron chi connectivity index (χ1n) is 7.14. The number of nitrogens with zero attached hydrogens (tertiary/aromatic N) is 2. The highest BCUT2D eigenvalue weighted by atomic mass is 32.2. The van der Waals surface area contributed by atoms with Crippen molar-refractivity contribution in [3.63, 3.8) is 0 Å². The summed E-state index contributed by atoms with van der Waals surface area (Å²) in [4.78, 5) is 8.92. The summed E-state index contributed by atoms with van der Waals surface area (Å²) >= 11 is 2.05. The molecule has 1 saturated heterocycles. The number of rotatable bonds is 7. The molecule has 2 N–H and O–H groups in total. The fraction of sp³-hybridized carbons (Fsp3) is 0.714. The van der Waals surface area contributed by atoms with Gasteiger partial charge in [0.25, 0.3) is 0 Å². The van der Waals surface area contributed by atoms with Gasteiger partial charge in [0.2, 0.25) is 0 Å². The number of hydrogen-bond donors (Lipinski definition) is 2. The first-order valence-corrected chi connectivity index (χ1v) is 8.12. The summed E-state index contributed by atoms with van der Waals surface area (Å²) in [6.45, 7) is 6.59. The number of hydrogen-bond acceptors (Lipinski definition) is 6. The number of methoxy groups -OCH3 is 1. The van der Waals surface area contributed by atoms with Gasteiger partial charge in [0.15, 0.2) is 5.82 Å². The smallest absolute Gasteiger partial charge is 0.158 e. The van der Waals surface area contributed by atoms with Crippen LogP contribution in [0.3, 0.4) is 0 Å². The normalized spacial score (nSPS) is 21.9. The van der Waals surface area contributed by atoms with Crippen LogP contribution in [-0.4, -0.2) is 40.7 Å². The lowest BCUT2D eigenvalue weighted by atomic mass is 10.1. The molecule has 0 radical (unpaired) electrons. The van der Waals surface area contributed by atoms with E-state index in [1.54, 1.807) is 7.11 Å². The number of nitrogens with one attached hydrogen (secondary N) is 2. The summed E-state index contributed by atoms with van der Waals surface area (Å²) < 4.78 is 5.45. The van der Waals surface area contributed by atoms with Crippen LogP contribution in [0.4, 0.5) is 11.6 Å². The molecule has 0 aromatic carbocycles. The van der Waals surface area contributed by atoms with Gasteiger partial charge in [-0.25, -0.2) is 9.97 Å². The van der Waals surface area contributed by atoms with Gasteiger partial charge >= 0.3 is 0 Å². The summed E-state index contributed by atoms with van der Waals surface area (Å²) in [6, 6.07) is 1.96. The Hall–Kier alpha value is -1.01. The molecule has 1 fully saturated rings. The van der Waals surface area contributed by atoms with Crippen molar-refractivity contribution in [2.45, 2.75) is 38.0 Å².